The van der Waals surface area contributed by atoms with E-state index in [1.165, 1.54) is 26.2 Å². The summed E-state index contributed by atoms with van der Waals surface area (Å²) in [5.74, 6) is -0.250. The van der Waals surface area contributed by atoms with E-state index in [4.69, 9.17) is 0 Å². The van der Waals surface area contributed by atoms with E-state index in [-0.39, 0.29) is 10.8 Å². The van der Waals surface area contributed by atoms with Gasteiger partial charge >= 0.3 is 0 Å². The summed E-state index contributed by atoms with van der Waals surface area (Å²) in [5.41, 5.74) is 2.42. The van der Waals surface area contributed by atoms with E-state index >= 15 is 0 Å². The molecule has 1 atom stereocenters. The summed E-state index contributed by atoms with van der Waals surface area (Å²) in [6.07, 6.45) is 0. The quantitative estimate of drug-likeness (QED) is 0.829. The predicted octanol–water partition coefficient (Wildman–Crippen LogP) is 2.68. The molecular weight excluding hydrogens is 338 g/mol. The summed E-state index contributed by atoms with van der Waals surface area (Å²) in [4.78, 5) is 12.5. The summed E-state index contributed by atoms with van der Waals surface area (Å²) in [5, 5.41) is 5.85. The fraction of sp³-hybridized carbons (Fsp3) is 0.278. The highest BCUT2D eigenvalue weighted by Crippen LogP contribution is 2.18. The molecule has 6 nitrogen and oxygen atoms in total. The third-order valence-electron chi connectivity index (χ3n) is 3.71. The largest absolute Gasteiger partial charge is 0.374 e. The van der Waals surface area contributed by atoms with Crippen molar-refractivity contribution < 1.29 is 13.2 Å². The molecule has 0 bridgehead atoms. The molecule has 25 heavy (non-hydrogen) atoms. The van der Waals surface area contributed by atoms with Crippen molar-refractivity contribution in [2.45, 2.75) is 24.8 Å². The lowest BCUT2D eigenvalue weighted by Gasteiger charge is -2.16. The van der Waals surface area contributed by atoms with Gasteiger partial charge in [-0.1, -0.05) is 23.8 Å². The van der Waals surface area contributed by atoms with Crippen molar-refractivity contribution in [3.05, 3.63) is 54.1 Å². The van der Waals surface area contributed by atoms with Crippen molar-refractivity contribution in [3.8, 4) is 0 Å². The van der Waals surface area contributed by atoms with Crippen LogP contribution < -0.4 is 10.6 Å². The fourth-order valence-corrected chi connectivity index (χ4v) is 3.11. The molecule has 2 aromatic rings. The maximum Gasteiger partial charge on any atom is 0.246 e. The van der Waals surface area contributed by atoms with Gasteiger partial charge in [0.2, 0.25) is 15.9 Å². The van der Waals surface area contributed by atoms with Gasteiger partial charge in [-0.3, -0.25) is 4.79 Å². The van der Waals surface area contributed by atoms with E-state index in [2.05, 4.69) is 10.6 Å². The van der Waals surface area contributed by atoms with Gasteiger partial charge in [0.25, 0.3) is 0 Å². The Morgan fingerprint density at radius 2 is 1.68 bits per heavy atom. The summed E-state index contributed by atoms with van der Waals surface area (Å²) in [7, 11) is -0.609. The van der Waals surface area contributed by atoms with Crippen LogP contribution in [0.2, 0.25) is 0 Å². The van der Waals surface area contributed by atoms with Gasteiger partial charge in [-0.15, -0.1) is 0 Å². The number of amides is 1. The van der Waals surface area contributed by atoms with Crippen molar-refractivity contribution in [1.82, 2.24) is 4.31 Å². The average molecular weight is 361 g/mol. The summed E-state index contributed by atoms with van der Waals surface area (Å²) >= 11 is 0. The number of carbonyl (C=O) groups excluding carboxylic acids is 1. The number of nitrogens with one attached hydrogen (secondary N) is 2. The molecule has 2 rings (SSSR count). The number of hydrogen-bond donors (Lipinski definition) is 2. The van der Waals surface area contributed by atoms with E-state index in [9.17, 15) is 13.2 Å². The van der Waals surface area contributed by atoms with Crippen LogP contribution in [0.25, 0.3) is 0 Å². The molecule has 0 saturated carbocycles. The van der Waals surface area contributed by atoms with Gasteiger partial charge in [-0.05, 0) is 44.2 Å². The Morgan fingerprint density at radius 3 is 2.28 bits per heavy atom. The highest BCUT2D eigenvalue weighted by Gasteiger charge is 2.18. The second-order valence-corrected chi connectivity index (χ2v) is 8.19. The average Bonchev–Trinajstić information content (AvgIpc) is 2.57. The fourth-order valence-electron chi connectivity index (χ4n) is 2.16. The van der Waals surface area contributed by atoms with Crippen LogP contribution in [0.4, 0.5) is 11.4 Å². The van der Waals surface area contributed by atoms with Gasteiger partial charge in [0.1, 0.15) is 6.04 Å². The second kappa shape index (κ2) is 7.67. The van der Waals surface area contributed by atoms with E-state index < -0.39 is 16.1 Å². The molecule has 0 heterocycles. The molecule has 0 aliphatic carbocycles. The van der Waals surface area contributed by atoms with E-state index in [0.717, 1.165) is 15.6 Å². The molecule has 1 amide bonds. The molecular formula is C18H23N3O3S. The zero-order valence-corrected chi connectivity index (χ0v) is 15.6. The van der Waals surface area contributed by atoms with Crippen LogP contribution in [0.5, 0.6) is 0 Å². The van der Waals surface area contributed by atoms with Crippen LogP contribution >= 0.6 is 0 Å². The number of anilines is 2. The molecule has 0 fully saturated rings. The van der Waals surface area contributed by atoms with Crippen LogP contribution in [0.15, 0.2) is 53.4 Å². The molecule has 0 unspecified atom stereocenters. The molecule has 0 aromatic heterocycles. The van der Waals surface area contributed by atoms with Gasteiger partial charge in [-0.25, -0.2) is 12.7 Å². The monoisotopic (exact) mass is 361 g/mol. The zero-order valence-electron chi connectivity index (χ0n) is 14.8. The Bertz CT molecular complexity index is 846. The maximum absolute atomic E-state index is 12.3. The standard InChI is InChI=1S/C18H23N3O3S/c1-13-8-10-15(11-9-13)19-14(2)18(22)20-16-6-5-7-17(12-16)25(23,24)21(3)4/h5-12,14,19H,1-4H3,(H,20,22)/t14-/m0/s1. The first-order valence-electron chi connectivity index (χ1n) is 7.87. The Kier molecular flexibility index (Phi) is 5.81. The minimum absolute atomic E-state index is 0.134. The first-order chi connectivity index (χ1) is 11.7. The molecule has 7 heteroatoms. The molecule has 0 saturated heterocycles. The van der Waals surface area contributed by atoms with Crippen LogP contribution in [0, 0.1) is 6.92 Å². The topological polar surface area (TPSA) is 78.5 Å². The van der Waals surface area contributed by atoms with Crippen molar-refractivity contribution in [2.24, 2.45) is 0 Å². The SMILES string of the molecule is Cc1ccc(N[C@@H](C)C(=O)Nc2cccc(S(=O)(=O)N(C)C)c2)cc1. The minimum atomic E-state index is -3.54. The Hall–Kier alpha value is -2.38. The third-order valence-corrected chi connectivity index (χ3v) is 5.52. The van der Waals surface area contributed by atoms with Gasteiger partial charge in [0.05, 0.1) is 4.90 Å². The van der Waals surface area contributed by atoms with Gasteiger partial charge in [0, 0.05) is 25.5 Å². The van der Waals surface area contributed by atoms with E-state index in [1.807, 2.05) is 31.2 Å². The molecule has 134 valence electrons. The predicted molar refractivity (Wildman–Crippen MR) is 100 cm³/mol. The first kappa shape index (κ1) is 19.0. The van der Waals surface area contributed by atoms with Crippen LogP contribution in [-0.4, -0.2) is 38.8 Å². The second-order valence-electron chi connectivity index (χ2n) is 6.04. The maximum atomic E-state index is 12.3. The Balaban J connectivity index is 2.08. The van der Waals surface area contributed by atoms with Crippen LogP contribution in [-0.2, 0) is 14.8 Å². The number of aryl methyl sites for hydroxylation is 1. The van der Waals surface area contributed by atoms with Crippen LogP contribution in [0.1, 0.15) is 12.5 Å². The minimum Gasteiger partial charge on any atom is -0.374 e. The van der Waals surface area contributed by atoms with E-state index in [1.54, 1.807) is 19.1 Å². The lowest BCUT2D eigenvalue weighted by Crippen LogP contribution is -2.32. The third kappa shape index (κ3) is 4.80. The van der Waals surface area contributed by atoms with Crippen molar-refractivity contribution in [1.29, 1.82) is 0 Å². The van der Waals surface area contributed by atoms with Crippen molar-refractivity contribution in [2.75, 3.05) is 24.7 Å². The first-order valence-corrected chi connectivity index (χ1v) is 9.31. The normalized spacial score (nSPS) is 12.7. The van der Waals surface area contributed by atoms with Gasteiger partial charge in [-0.2, -0.15) is 0 Å². The summed E-state index contributed by atoms with van der Waals surface area (Å²) < 4.78 is 25.5. The molecule has 0 aliphatic heterocycles. The lowest BCUT2D eigenvalue weighted by molar-refractivity contribution is -0.116. The summed E-state index contributed by atoms with van der Waals surface area (Å²) in [6, 6.07) is 13.5. The lowest BCUT2D eigenvalue weighted by atomic mass is 10.2. The zero-order chi connectivity index (χ0) is 18.6. The Morgan fingerprint density at radius 1 is 1.04 bits per heavy atom. The number of rotatable bonds is 6. The number of nitrogens with zero attached hydrogens (tertiary/aromatic N) is 1. The molecule has 0 radical (unpaired) electrons. The highest BCUT2D eigenvalue weighted by atomic mass is 32.2. The number of sulfonamides is 1. The van der Waals surface area contributed by atoms with Gasteiger partial charge in [0.15, 0.2) is 0 Å². The van der Waals surface area contributed by atoms with Gasteiger partial charge < -0.3 is 10.6 Å². The number of hydrogen-bond acceptors (Lipinski definition) is 4. The molecule has 2 N–H and O–H groups in total. The van der Waals surface area contributed by atoms with Crippen LogP contribution in [0.3, 0.4) is 0 Å². The number of carbonyl (C=O) groups is 1. The Labute approximate surface area is 148 Å². The molecule has 2 aromatic carbocycles. The molecule has 0 aliphatic rings. The summed E-state index contributed by atoms with van der Waals surface area (Å²) in [6.45, 7) is 3.74. The molecule has 0 spiro atoms. The van der Waals surface area contributed by atoms with Crippen molar-refractivity contribution in [3.63, 3.8) is 0 Å². The van der Waals surface area contributed by atoms with Crippen molar-refractivity contribution >= 4 is 27.3 Å². The smallest absolute Gasteiger partial charge is 0.246 e. The van der Waals surface area contributed by atoms with E-state index in [0.29, 0.717) is 5.69 Å². The number of benzene rings is 2. The highest BCUT2D eigenvalue weighted by molar-refractivity contribution is 7.89.